The van der Waals surface area contributed by atoms with Gasteiger partial charge < -0.3 is 15.1 Å². The Balaban J connectivity index is 0.00000264. The van der Waals surface area contributed by atoms with Crippen LogP contribution < -0.4 is 5.32 Å². The molecule has 0 saturated carbocycles. The Labute approximate surface area is 156 Å². The van der Waals surface area contributed by atoms with Gasteiger partial charge in [-0.2, -0.15) is 0 Å². The van der Waals surface area contributed by atoms with Crippen molar-refractivity contribution >= 4 is 35.8 Å². The number of carbonyl (C=O) groups is 1. The van der Waals surface area contributed by atoms with Gasteiger partial charge in [0.1, 0.15) is 6.54 Å². The molecule has 0 aromatic heterocycles. The number of nitrogens with zero attached hydrogens (tertiary/aromatic N) is 3. The van der Waals surface area contributed by atoms with E-state index in [0.717, 1.165) is 32.0 Å². The first kappa shape index (κ1) is 19.7. The topological polar surface area (TPSA) is 47.9 Å². The van der Waals surface area contributed by atoms with Crippen LogP contribution in [0.3, 0.4) is 0 Å². The molecule has 1 saturated heterocycles. The minimum Gasteiger partial charge on any atom is -0.357 e. The summed E-state index contributed by atoms with van der Waals surface area (Å²) in [5, 5.41) is 3.30. The summed E-state index contributed by atoms with van der Waals surface area (Å²) < 4.78 is 0. The van der Waals surface area contributed by atoms with Crippen molar-refractivity contribution in [3.8, 4) is 0 Å². The molecule has 1 atom stereocenters. The maximum Gasteiger partial charge on any atom is 0.243 e. The van der Waals surface area contributed by atoms with E-state index in [2.05, 4.69) is 45.5 Å². The van der Waals surface area contributed by atoms with Crippen LogP contribution in [0.4, 0.5) is 0 Å². The van der Waals surface area contributed by atoms with E-state index < -0.39 is 0 Å². The molecule has 128 valence electrons. The number of rotatable bonds is 4. The van der Waals surface area contributed by atoms with Gasteiger partial charge in [0.25, 0.3) is 0 Å². The smallest absolute Gasteiger partial charge is 0.243 e. The number of nitrogens with one attached hydrogen (secondary N) is 1. The summed E-state index contributed by atoms with van der Waals surface area (Å²) in [4.78, 5) is 20.0. The summed E-state index contributed by atoms with van der Waals surface area (Å²) in [5.41, 5.74) is 1.38. The fourth-order valence-electron chi connectivity index (χ4n) is 2.66. The van der Waals surface area contributed by atoms with Crippen molar-refractivity contribution in [3.05, 3.63) is 35.9 Å². The van der Waals surface area contributed by atoms with Gasteiger partial charge in [0.2, 0.25) is 5.91 Å². The van der Waals surface area contributed by atoms with Gasteiger partial charge in [-0.3, -0.25) is 4.79 Å². The van der Waals surface area contributed by atoms with Crippen molar-refractivity contribution in [1.82, 2.24) is 15.1 Å². The lowest BCUT2D eigenvalue weighted by Gasteiger charge is -2.22. The van der Waals surface area contributed by atoms with Crippen LogP contribution in [-0.2, 0) is 4.79 Å². The van der Waals surface area contributed by atoms with Crippen molar-refractivity contribution in [2.45, 2.75) is 19.3 Å². The maximum atomic E-state index is 11.7. The summed E-state index contributed by atoms with van der Waals surface area (Å²) in [5.74, 6) is 1.40. The van der Waals surface area contributed by atoms with Gasteiger partial charge in [-0.25, -0.2) is 4.99 Å². The van der Waals surface area contributed by atoms with E-state index in [1.165, 1.54) is 5.56 Å². The molecule has 23 heavy (non-hydrogen) atoms. The van der Waals surface area contributed by atoms with E-state index >= 15 is 0 Å². The number of likely N-dealkylation sites (tertiary alicyclic amines) is 1. The lowest BCUT2D eigenvalue weighted by Crippen LogP contribution is -2.40. The van der Waals surface area contributed by atoms with Gasteiger partial charge >= 0.3 is 0 Å². The van der Waals surface area contributed by atoms with Crippen molar-refractivity contribution in [3.63, 3.8) is 0 Å². The Bertz CT molecular complexity index is 519. The van der Waals surface area contributed by atoms with Gasteiger partial charge in [0.05, 0.1) is 0 Å². The minimum atomic E-state index is 0. The van der Waals surface area contributed by atoms with Crippen LogP contribution in [0.25, 0.3) is 0 Å². The van der Waals surface area contributed by atoms with E-state index in [1.54, 1.807) is 19.0 Å². The third-order valence-corrected chi connectivity index (χ3v) is 3.96. The van der Waals surface area contributed by atoms with E-state index in [4.69, 9.17) is 0 Å². The fourth-order valence-corrected chi connectivity index (χ4v) is 2.66. The Hall–Kier alpha value is -1.31. The molecule has 6 heteroatoms. The predicted octanol–water partition coefficient (Wildman–Crippen LogP) is 2.15. The van der Waals surface area contributed by atoms with Crippen LogP contribution in [0.1, 0.15) is 24.8 Å². The van der Waals surface area contributed by atoms with E-state index in [9.17, 15) is 4.79 Å². The number of guanidine groups is 1. The molecular formula is C17H27IN4O. The molecule has 0 spiro atoms. The Morgan fingerprint density at radius 3 is 2.65 bits per heavy atom. The highest BCUT2D eigenvalue weighted by Gasteiger charge is 2.26. The molecular weight excluding hydrogens is 403 g/mol. The standard InChI is InChI=1S/C17H26N4O.HI/c1-4-18-17(19-12-16(22)20(2)3)21-11-10-15(13-21)14-8-6-5-7-9-14;/h5-9,15H,4,10-13H2,1-3H3,(H,18,19);1H. The average Bonchev–Trinajstić information content (AvgIpc) is 3.01. The van der Waals surface area contributed by atoms with Crippen LogP contribution >= 0.6 is 24.0 Å². The van der Waals surface area contributed by atoms with Crippen molar-refractivity contribution in [1.29, 1.82) is 0 Å². The molecule has 1 amide bonds. The quantitative estimate of drug-likeness (QED) is 0.453. The highest BCUT2D eigenvalue weighted by Crippen LogP contribution is 2.26. The van der Waals surface area contributed by atoms with Crippen molar-refractivity contribution in [2.75, 3.05) is 40.3 Å². The molecule has 1 unspecified atom stereocenters. The van der Waals surface area contributed by atoms with E-state index in [1.807, 2.05) is 6.92 Å². The molecule has 2 rings (SSSR count). The number of aliphatic imine (C=N–C) groups is 1. The second-order valence-electron chi connectivity index (χ2n) is 5.80. The molecule has 0 aliphatic carbocycles. The van der Waals surface area contributed by atoms with Crippen LogP contribution in [0, 0.1) is 0 Å². The molecule has 1 aromatic carbocycles. The zero-order valence-electron chi connectivity index (χ0n) is 14.2. The number of hydrogen-bond acceptors (Lipinski definition) is 2. The maximum absolute atomic E-state index is 11.7. The van der Waals surface area contributed by atoms with Gasteiger partial charge in [0.15, 0.2) is 5.96 Å². The van der Waals surface area contributed by atoms with Gasteiger partial charge in [-0.05, 0) is 18.9 Å². The second-order valence-corrected chi connectivity index (χ2v) is 5.80. The molecule has 1 heterocycles. The summed E-state index contributed by atoms with van der Waals surface area (Å²) in [6.07, 6.45) is 1.12. The van der Waals surface area contributed by atoms with Crippen LogP contribution in [0.2, 0.25) is 0 Å². The number of halogens is 1. The number of carbonyl (C=O) groups excluding carboxylic acids is 1. The van der Waals surface area contributed by atoms with Crippen LogP contribution in [0.15, 0.2) is 35.3 Å². The molecule has 5 nitrogen and oxygen atoms in total. The van der Waals surface area contributed by atoms with Gasteiger partial charge in [-0.15, -0.1) is 24.0 Å². The zero-order valence-corrected chi connectivity index (χ0v) is 16.5. The third kappa shape index (κ3) is 5.67. The molecule has 1 aromatic rings. The molecule has 0 bridgehead atoms. The van der Waals surface area contributed by atoms with Gasteiger partial charge in [0, 0.05) is 39.6 Å². The largest absolute Gasteiger partial charge is 0.357 e. The number of likely N-dealkylation sites (N-methyl/N-ethyl adjacent to an activating group) is 1. The molecule has 1 N–H and O–H groups in total. The normalized spacial score (nSPS) is 17.6. The molecule has 1 aliphatic rings. The van der Waals surface area contributed by atoms with Crippen LogP contribution in [-0.4, -0.2) is 61.9 Å². The third-order valence-electron chi connectivity index (χ3n) is 3.96. The first-order valence-electron chi connectivity index (χ1n) is 7.90. The second kappa shape index (κ2) is 9.75. The molecule has 1 aliphatic heterocycles. The summed E-state index contributed by atoms with van der Waals surface area (Å²) >= 11 is 0. The number of benzene rings is 1. The summed E-state index contributed by atoms with van der Waals surface area (Å²) in [6.45, 7) is 4.98. The summed E-state index contributed by atoms with van der Waals surface area (Å²) in [6, 6.07) is 10.6. The van der Waals surface area contributed by atoms with E-state index in [-0.39, 0.29) is 36.4 Å². The first-order valence-corrected chi connectivity index (χ1v) is 7.90. The zero-order chi connectivity index (χ0) is 15.9. The predicted molar refractivity (Wildman–Crippen MR) is 105 cm³/mol. The molecule has 0 radical (unpaired) electrons. The molecule has 1 fully saturated rings. The highest BCUT2D eigenvalue weighted by molar-refractivity contribution is 14.0. The number of amides is 1. The minimum absolute atomic E-state index is 0. The Morgan fingerprint density at radius 2 is 2.04 bits per heavy atom. The Kier molecular flexibility index (Phi) is 8.36. The van der Waals surface area contributed by atoms with Crippen molar-refractivity contribution in [2.24, 2.45) is 4.99 Å². The number of hydrogen-bond donors (Lipinski definition) is 1. The van der Waals surface area contributed by atoms with Crippen molar-refractivity contribution < 1.29 is 4.79 Å². The average molecular weight is 430 g/mol. The lowest BCUT2D eigenvalue weighted by molar-refractivity contribution is -0.127. The van der Waals surface area contributed by atoms with E-state index in [0.29, 0.717) is 5.92 Å². The SMILES string of the molecule is CCNC(=NCC(=O)N(C)C)N1CCC(c2ccccc2)C1.I. The lowest BCUT2D eigenvalue weighted by atomic mass is 9.99. The van der Waals surface area contributed by atoms with Gasteiger partial charge in [-0.1, -0.05) is 30.3 Å². The van der Waals surface area contributed by atoms with Crippen LogP contribution in [0.5, 0.6) is 0 Å². The summed E-state index contributed by atoms with van der Waals surface area (Å²) in [7, 11) is 3.51. The highest BCUT2D eigenvalue weighted by atomic mass is 127. The Morgan fingerprint density at radius 1 is 1.35 bits per heavy atom. The fraction of sp³-hybridized carbons (Fsp3) is 0.529. The monoisotopic (exact) mass is 430 g/mol. The first-order chi connectivity index (χ1) is 10.6.